The fourth-order valence-corrected chi connectivity index (χ4v) is 24.8. The average Bonchev–Trinajstić information content (AvgIpc) is 1.54. The van der Waals surface area contributed by atoms with Crippen molar-refractivity contribution >= 4 is 171 Å². The number of carbonyl (C=O) groups excluding carboxylic acids is 6. The highest BCUT2D eigenvalue weighted by Crippen LogP contribution is 2.58. The monoisotopic (exact) mass is 2020 g/mol. The van der Waals surface area contributed by atoms with Crippen LogP contribution in [0.4, 0.5) is 0 Å². The van der Waals surface area contributed by atoms with E-state index in [0.717, 1.165) is 124 Å². The molecular weight excluding hydrogens is 1920 g/mol. The summed E-state index contributed by atoms with van der Waals surface area (Å²) in [5.74, 6) is -2.29. The Morgan fingerprint density at radius 1 is 0.449 bits per heavy atom. The number of nitrogens with one attached hydrogen (secondary N) is 6. The molecule has 6 fully saturated rings. The highest BCUT2D eigenvalue weighted by atomic mass is 35.5. The number of fused-ring (bicyclic) bond motifs is 3. The number of likely N-dealkylation sites (tertiary alicyclic amines) is 3. The first-order chi connectivity index (χ1) is 65.4. The van der Waals surface area contributed by atoms with Gasteiger partial charge in [-0.05, 0) is 173 Å². The Labute approximate surface area is 826 Å². The first-order valence-corrected chi connectivity index (χ1v) is 50.3. The zero-order valence-electron chi connectivity index (χ0n) is 74.8. The number of carbonyl (C=O) groups is 6. The molecule has 0 bridgehead atoms. The summed E-state index contributed by atoms with van der Waals surface area (Å²) in [7, 11) is -4.45. The molecule has 6 saturated heterocycles. The molecule has 12 aromatic rings. The summed E-state index contributed by atoms with van der Waals surface area (Å²) >= 11 is 40.1. The molecule has 9 heterocycles. The summed E-state index contributed by atoms with van der Waals surface area (Å²) in [6.07, 6.45) is -0.101. The molecule has 714 valence electrons. The van der Waals surface area contributed by atoms with Gasteiger partial charge in [-0.2, -0.15) is 0 Å². The summed E-state index contributed by atoms with van der Waals surface area (Å²) in [6, 6.07) is 56.0. The van der Waals surface area contributed by atoms with Crippen LogP contribution in [-0.2, 0) is 72.4 Å². The van der Waals surface area contributed by atoms with E-state index in [0.29, 0.717) is 90.4 Å². The summed E-state index contributed by atoms with van der Waals surface area (Å²) in [5, 5.41) is 56.4. The lowest BCUT2D eigenvalue weighted by Gasteiger charge is -2.42. The zero-order chi connectivity index (χ0) is 95.9. The molecule has 0 radical (unpaired) electrons. The number of aliphatic hydroxyl groups excluding tert-OH is 4. The van der Waals surface area contributed by atoms with Gasteiger partial charge in [-0.3, -0.25) is 38.6 Å². The van der Waals surface area contributed by atoms with Gasteiger partial charge in [-0.15, -0.1) is 23.5 Å². The van der Waals surface area contributed by atoms with Crippen molar-refractivity contribution in [3.63, 3.8) is 0 Å². The number of hydrogen-bond acceptors (Lipinski definition) is 19. The van der Waals surface area contributed by atoms with Gasteiger partial charge in [-0.25, -0.2) is 8.42 Å². The number of morpholine rings is 2. The van der Waals surface area contributed by atoms with Crippen molar-refractivity contribution in [1.29, 1.82) is 0 Å². The van der Waals surface area contributed by atoms with E-state index in [1.54, 1.807) is 96.2 Å². The molecule has 3 aromatic heterocycles. The van der Waals surface area contributed by atoms with E-state index in [2.05, 4.69) is 40.7 Å². The SMILES string of the molecule is Cc1ccc(S(=O)(=O)C2(C(=O)NCCCN3CCOCC3)CC(=O)N(Cc3ccc(Cl)cc3)C2c2c[nH]c3cc(Cl)ccc23)cc1.Cc1ccc(SC2(C(=O)NC3C(O)OC(CO)C(O)C3O)CC(=O)N(Cc3ccc(Cl)cc3)C2c2c[nH]c3cc(Cl)ccc23)cc1.Cc1ccc(S[C@@]2(C(=O)NCCCN3CCOCC3)CC(=O)N(Cc3ccc(Cl)cc3)[C@H]2c2c[nH]c3cc(Cl)ccc23)cc1. The first kappa shape index (κ1) is 99.5. The number of thioether (sulfide) groups is 2. The Bertz CT molecular complexity index is 6420. The van der Waals surface area contributed by atoms with Crippen molar-refractivity contribution in [2.24, 2.45) is 0 Å². The number of nitrogens with zero attached hydrogens (tertiary/aromatic N) is 5. The summed E-state index contributed by atoms with van der Waals surface area (Å²) in [4.78, 5) is 107. The lowest BCUT2D eigenvalue weighted by atomic mass is 9.89. The maximum Gasteiger partial charge on any atom is 0.244 e. The Morgan fingerprint density at radius 3 is 1.20 bits per heavy atom. The summed E-state index contributed by atoms with van der Waals surface area (Å²) in [5.41, 5.74) is 9.83. The third-order valence-corrected chi connectivity index (χ3v) is 32.8. The second-order valence-corrected chi connectivity index (χ2v) is 42.8. The number of H-pyrrole nitrogens is 3. The second-order valence-electron chi connectivity index (χ2n) is 35.2. The van der Waals surface area contributed by atoms with Crippen LogP contribution in [0.3, 0.4) is 0 Å². The number of aromatic nitrogens is 3. The molecular formula is C101H105Cl6N11O15S3. The van der Waals surface area contributed by atoms with Crippen molar-refractivity contribution < 1.29 is 71.8 Å². The molecule has 9 unspecified atom stereocenters. The van der Waals surface area contributed by atoms with Crippen LogP contribution >= 0.6 is 93.1 Å². The highest BCUT2D eigenvalue weighted by Gasteiger charge is 2.67. The number of ether oxygens (including phenoxy) is 3. The minimum atomic E-state index is -4.45. The standard InChI is InChI=1S/C34H36Cl2N4O5S.C34H36Cl2N4O3S.C33H33Cl2N3O7S/c1-23-3-10-27(11-4-23)46(43,44)34(33(42)37-13-2-14-39-15-17-45-18-16-39)20-31(41)40(22-24-5-7-25(35)8-6-24)32(34)29-21-38-30-19-26(36)9-12-28(29)30;1-23-3-10-27(11-4-23)44-34(33(42)37-13-2-14-39-15-17-43-18-16-39)20-31(41)40(22-24-5-7-25(35)8-6-24)32(34)29-21-38-30-19-26(36)9-12-28(29)30;1-17-2-9-21(10-3-17)46-33(32(44)37-27-29(42)28(41)25(16-39)45-31(27)43)13-26(40)38(15-18-4-6-19(34)7-5-18)30(33)23-14-36-24-12-20(35)8-11-22(23)24/h3-12,19,21,32,38H,2,13-18,20,22H2,1H3,(H,37,42);3-12,19,21,32,38H,2,13-18,20,22H2,1H3,(H,37,42);2-12,14,25,27-31,36,39,41-43H,13,15-16H2,1H3,(H,37,44)/t;32-,34-;/m.0./s1. The van der Waals surface area contributed by atoms with E-state index in [4.69, 9.17) is 83.8 Å². The van der Waals surface area contributed by atoms with Crippen LogP contribution in [0.25, 0.3) is 32.7 Å². The molecule has 11 atom stereocenters. The number of rotatable bonds is 28. The number of aliphatic hydroxyl groups is 4. The molecule has 6 aliphatic heterocycles. The first-order valence-electron chi connectivity index (χ1n) is 45.0. The van der Waals surface area contributed by atoms with Crippen LogP contribution in [0.15, 0.2) is 233 Å². The Balaban J connectivity index is 0.000000148. The molecule has 136 heavy (non-hydrogen) atoms. The quantitative estimate of drug-likeness (QED) is 0.0204. The van der Waals surface area contributed by atoms with E-state index in [1.807, 2.05) is 141 Å². The molecule has 10 N–H and O–H groups in total. The smallest absolute Gasteiger partial charge is 0.244 e. The number of aryl methyl sites for hydroxylation is 3. The third kappa shape index (κ3) is 21.6. The number of hydrogen-bond donors (Lipinski definition) is 10. The topological polar surface area (TPSA) is 345 Å². The molecule has 26 nitrogen and oxygen atoms in total. The van der Waals surface area contributed by atoms with Crippen LogP contribution in [-0.4, -0.2) is 234 Å². The molecule has 9 aromatic carbocycles. The van der Waals surface area contributed by atoms with Crippen molar-refractivity contribution in [3.05, 3.63) is 299 Å². The molecule has 6 aliphatic rings. The number of amides is 6. The highest BCUT2D eigenvalue weighted by molar-refractivity contribution is 8.01. The van der Waals surface area contributed by atoms with Crippen LogP contribution < -0.4 is 16.0 Å². The third-order valence-electron chi connectivity index (χ3n) is 26.1. The lowest BCUT2D eigenvalue weighted by Crippen LogP contribution is -2.66. The second kappa shape index (κ2) is 43.5. The van der Waals surface area contributed by atoms with Crippen molar-refractivity contribution in [2.75, 3.05) is 85.4 Å². The number of aromatic amines is 3. The minimum Gasteiger partial charge on any atom is -0.394 e. The largest absolute Gasteiger partial charge is 0.394 e. The van der Waals surface area contributed by atoms with Gasteiger partial charge in [0.25, 0.3) is 0 Å². The number of benzene rings is 9. The van der Waals surface area contributed by atoms with Gasteiger partial charge in [0.05, 0.1) is 75.3 Å². The Morgan fingerprint density at radius 2 is 0.801 bits per heavy atom. The van der Waals surface area contributed by atoms with Gasteiger partial charge in [0, 0.05) is 167 Å². The van der Waals surface area contributed by atoms with Crippen LogP contribution in [0, 0.1) is 20.8 Å². The number of sulfone groups is 1. The Hall–Kier alpha value is -9.55. The van der Waals surface area contributed by atoms with Gasteiger partial charge in [0.15, 0.2) is 20.9 Å². The van der Waals surface area contributed by atoms with Crippen molar-refractivity contribution in [2.45, 2.75) is 150 Å². The lowest BCUT2D eigenvalue weighted by molar-refractivity contribution is -0.254. The van der Waals surface area contributed by atoms with E-state index < -0.39 is 104 Å². The molecule has 35 heteroatoms. The zero-order valence-corrected chi connectivity index (χ0v) is 81.7. The maximum atomic E-state index is 15.0. The summed E-state index contributed by atoms with van der Waals surface area (Å²) < 4.78 is 41.3. The van der Waals surface area contributed by atoms with Gasteiger partial charge < -0.3 is 80.2 Å². The van der Waals surface area contributed by atoms with E-state index in [9.17, 15) is 57.6 Å². The predicted molar refractivity (Wildman–Crippen MR) is 530 cm³/mol. The molecule has 0 aliphatic carbocycles. The van der Waals surface area contributed by atoms with Crippen molar-refractivity contribution in [1.82, 2.24) is 55.4 Å². The van der Waals surface area contributed by atoms with Crippen LogP contribution in [0.2, 0.25) is 30.1 Å². The molecule has 0 saturated carbocycles. The normalized spacial score (nSPS) is 23.3. The minimum absolute atomic E-state index is 0.0180. The molecule has 6 amide bonds. The van der Waals surface area contributed by atoms with Gasteiger partial charge in [0.1, 0.15) is 33.8 Å². The van der Waals surface area contributed by atoms with Crippen LogP contribution in [0.1, 0.15) is 100 Å². The number of halogens is 6. The van der Waals surface area contributed by atoms with Crippen molar-refractivity contribution in [3.8, 4) is 0 Å². The Kier molecular flexibility index (Phi) is 31.8. The average molecular weight is 2020 g/mol. The van der Waals surface area contributed by atoms with E-state index in [1.165, 1.54) is 40.6 Å². The summed E-state index contributed by atoms with van der Waals surface area (Å²) in [6.45, 7) is 14.4. The van der Waals surface area contributed by atoms with Gasteiger partial charge >= 0.3 is 0 Å². The maximum absolute atomic E-state index is 15.0. The molecule has 18 rings (SSSR count). The predicted octanol–water partition coefficient (Wildman–Crippen LogP) is 15.6. The van der Waals surface area contributed by atoms with Gasteiger partial charge in [0.2, 0.25) is 35.4 Å². The van der Waals surface area contributed by atoms with Crippen LogP contribution in [0.5, 0.6) is 0 Å². The fraction of sp³-hybridized carbons (Fsp3) is 0.347. The fourth-order valence-electron chi connectivity index (χ4n) is 19.0. The molecule has 0 spiro atoms. The van der Waals surface area contributed by atoms with E-state index >= 15 is 0 Å². The van der Waals surface area contributed by atoms with E-state index in [-0.39, 0.29) is 55.1 Å². The van der Waals surface area contributed by atoms with Gasteiger partial charge in [-0.1, -0.05) is 177 Å².